The Kier molecular flexibility index (Phi) is 5.38. The van der Waals surface area contributed by atoms with Crippen LogP contribution in [0.5, 0.6) is 0 Å². The molecular formula is C23H30N4OS. The molecule has 6 heteroatoms. The molecule has 2 bridgehead atoms. The van der Waals surface area contributed by atoms with Gasteiger partial charge in [0.05, 0.1) is 11.4 Å². The van der Waals surface area contributed by atoms with Crippen molar-refractivity contribution in [1.82, 2.24) is 20.0 Å². The van der Waals surface area contributed by atoms with Crippen LogP contribution in [0.4, 0.5) is 4.79 Å². The molecule has 6 heterocycles. The minimum absolute atomic E-state index is 0.0327. The lowest BCUT2D eigenvalue weighted by Crippen LogP contribution is -2.63. The molecule has 154 valence electrons. The molecule has 0 spiro atoms. The zero-order valence-electron chi connectivity index (χ0n) is 17.2. The Labute approximate surface area is 177 Å². The maximum Gasteiger partial charge on any atom is 0.321 e. The van der Waals surface area contributed by atoms with Gasteiger partial charge in [-0.15, -0.1) is 11.3 Å². The lowest BCUT2D eigenvalue weighted by molar-refractivity contribution is 0.0255. The van der Waals surface area contributed by atoms with E-state index in [-0.39, 0.29) is 12.1 Å². The van der Waals surface area contributed by atoms with E-state index in [9.17, 15) is 4.79 Å². The van der Waals surface area contributed by atoms with Gasteiger partial charge in [-0.3, -0.25) is 14.7 Å². The second kappa shape index (κ2) is 8.14. The first kappa shape index (κ1) is 19.2. The monoisotopic (exact) mass is 410 g/mol. The normalized spacial score (nSPS) is 30.7. The van der Waals surface area contributed by atoms with Crippen LogP contribution in [-0.4, -0.2) is 72.1 Å². The molecule has 5 nitrogen and oxygen atoms in total. The number of hydrogen-bond donors (Lipinski definition) is 1. The van der Waals surface area contributed by atoms with Crippen LogP contribution in [0.15, 0.2) is 6.07 Å². The summed E-state index contributed by atoms with van der Waals surface area (Å²) in [5.41, 5.74) is 0. The SMILES string of the molecule is C[C@H]1[C@H](NC(=O)N2C=c3cc(C#CCN4CCCC4)sc3=CC2)C2CCN1CC2. The Bertz CT molecular complexity index is 942. The molecule has 6 rings (SSSR count). The Morgan fingerprint density at radius 2 is 2.03 bits per heavy atom. The maximum atomic E-state index is 12.9. The van der Waals surface area contributed by atoms with Gasteiger partial charge in [-0.05, 0) is 76.8 Å². The van der Waals surface area contributed by atoms with Crippen LogP contribution >= 0.6 is 11.3 Å². The average Bonchev–Trinajstić information content (AvgIpc) is 3.39. The number of urea groups is 1. The fourth-order valence-corrected chi connectivity index (χ4v) is 6.17. The van der Waals surface area contributed by atoms with Crippen LogP contribution in [0, 0.1) is 17.8 Å². The number of carbonyl (C=O) groups is 1. The van der Waals surface area contributed by atoms with Gasteiger partial charge in [-0.25, -0.2) is 4.79 Å². The number of nitrogens with one attached hydrogen (secondary N) is 1. The number of fused-ring (bicyclic) bond motifs is 4. The average molecular weight is 411 g/mol. The number of hydrogen-bond acceptors (Lipinski definition) is 4. The highest BCUT2D eigenvalue weighted by molar-refractivity contribution is 7.10. The minimum Gasteiger partial charge on any atom is -0.333 e. The van der Waals surface area contributed by atoms with Crippen molar-refractivity contribution in [2.45, 2.75) is 44.7 Å². The second-order valence-electron chi connectivity index (χ2n) is 8.79. The van der Waals surface area contributed by atoms with Crippen molar-refractivity contribution in [3.8, 4) is 11.8 Å². The summed E-state index contributed by atoms with van der Waals surface area (Å²) in [6.45, 7) is 8.48. The zero-order valence-corrected chi connectivity index (χ0v) is 18.0. The summed E-state index contributed by atoms with van der Waals surface area (Å²) in [6.07, 6.45) is 9.17. The van der Waals surface area contributed by atoms with E-state index in [1.807, 2.05) is 11.1 Å². The van der Waals surface area contributed by atoms with Gasteiger partial charge in [0.1, 0.15) is 0 Å². The standard InChI is InChI=1S/C23H30N4OS/c1-17-22(18-6-12-26(17)13-7-18)24-23(28)27-14-8-21-19(16-27)15-20(29-21)5-4-11-25-9-2-3-10-25/h8,15-18,22H,2-3,6-7,9-14H2,1H3,(H,24,28)/t17-,22-/m0/s1. The number of amides is 2. The van der Waals surface area contributed by atoms with Crippen LogP contribution in [0.1, 0.15) is 37.5 Å². The maximum absolute atomic E-state index is 12.9. The minimum atomic E-state index is 0.0327. The van der Waals surface area contributed by atoms with Crippen molar-refractivity contribution in [3.05, 3.63) is 20.7 Å². The van der Waals surface area contributed by atoms with Gasteiger partial charge >= 0.3 is 6.03 Å². The molecule has 1 aromatic heterocycles. The molecule has 0 radical (unpaired) electrons. The smallest absolute Gasteiger partial charge is 0.321 e. The zero-order chi connectivity index (χ0) is 19.8. The second-order valence-corrected chi connectivity index (χ2v) is 9.87. The van der Waals surface area contributed by atoms with Crippen LogP contribution in [-0.2, 0) is 0 Å². The summed E-state index contributed by atoms with van der Waals surface area (Å²) in [4.78, 5) is 20.8. The first-order chi connectivity index (χ1) is 14.2. The fourth-order valence-electron chi connectivity index (χ4n) is 5.23. The lowest BCUT2D eigenvalue weighted by atomic mass is 9.79. The summed E-state index contributed by atoms with van der Waals surface area (Å²) >= 11 is 1.73. The van der Waals surface area contributed by atoms with E-state index >= 15 is 0 Å². The van der Waals surface area contributed by atoms with Crippen molar-refractivity contribution in [2.75, 3.05) is 39.3 Å². The van der Waals surface area contributed by atoms with Crippen molar-refractivity contribution in [1.29, 1.82) is 0 Å². The van der Waals surface area contributed by atoms with E-state index in [1.54, 1.807) is 11.3 Å². The highest BCUT2D eigenvalue weighted by atomic mass is 32.1. The topological polar surface area (TPSA) is 38.8 Å². The van der Waals surface area contributed by atoms with Gasteiger partial charge in [0.2, 0.25) is 0 Å². The Morgan fingerprint density at radius 1 is 1.24 bits per heavy atom. The summed E-state index contributed by atoms with van der Waals surface area (Å²) < 4.78 is 1.23. The molecule has 1 N–H and O–H groups in total. The summed E-state index contributed by atoms with van der Waals surface area (Å²) in [7, 11) is 0. The van der Waals surface area contributed by atoms with Crippen LogP contribution < -0.4 is 15.1 Å². The van der Waals surface area contributed by atoms with Crippen molar-refractivity contribution >= 4 is 29.6 Å². The fraction of sp³-hybridized carbons (Fsp3) is 0.609. The summed E-state index contributed by atoms with van der Waals surface area (Å²) in [6, 6.07) is 2.87. The lowest BCUT2D eigenvalue weighted by Gasteiger charge is -2.50. The number of rotatable bonds is 2. The van der Waals surface area contributed by atoms with E-state index in [1.165, 1.54) is 56.4 Å². The molecule has 0 saturated carbocycles. The molecule has 0 aromatic carbocycles. The Balaban J connectivity index is 1.25. The predicted octanol–water partition coefficient (Wildman–Crippen LogP) is 1.22. The number of piperidine rings is 3. The largest absolute Gasteiger partial charge is 0.333 e. The summed E-state index contributed by atoms with van der Waals surface area (Å²) in [5.74, 6) is 7.27. The van der Waals surface area contributed by atoms with Crippen LogP contribution in [0.3, 0.4) is 0 Å². The molecule has 2 amide bonds. The van der Waals surface area contributed by atoms with Crippen LogP contribution in [0.2, 0.25) is 0 Å². The Morgan fingerprint density at radius 3 is 2.79 bits per heavy atom. The van der Waals surface area contributed by atoms with Crippen LogP contribution in [0.25, 0.3) is 12.3 Å². The van der Waals surface area contributed by atoms with E-state index in [0.717, 1.165) is 16.6 Å². The molecule has 0 aliphatic carbocycles. The van der Waals surface area contributed by atoms with E-state index in [0.29, 0.717) is 18.5 Å². The molecule has 1 aromatic rings. The third kappa shape index (κ3) is 3.96. The summed E-state index contributed by atoms with van der Waals surface area (Å²) in [5, 5.41) is 4.45. The number of carbonyl (C=O) groups excluding carboxylic acids is 1. The molecule has 5 aliphatic heterocycles. The van der Waals surface area contributed by atoms with Gasteiger partial charge in [0.25, 0.3) is 0 Å². The highest BCUT2D eigenvalue weighted by Crippen LogP contribution is 2.32. The third-order valence-electron chi connectivity index (χ3n) is 7.00. The first-order valence-electron chi connectivity index (χ1n) is 11.0. The van der Waals surface area contributed by atoms with Gasteiger partial charge in [-0.2, -0.15) is 0 Å². The van der Waals surface area contributed by atoms with Crippen molar-refractivity contribution in [2.24, 2.45) is 5.92 Å². The first-order valence-corrected chi connectivity index (χ1v) is 11.8. The molecule has 4 saturated heterocycles. The van der Waals surface area contributed by atoms with Gasteiger partial charge in [-0.1, -0.05) is 11.8 Å². The van der Waals surface area contributed by atoms with E-state index in [2.05, 4.69) is 46.0 Å². The Hall–Kier alpha value is -1.81. The van der Waals surface area contributed by atoms with Crippen molar-refractivity contribution in [3.63, 3.8) is 0 Å². The molecule has 0 unspecified atom stereocenters. The molecule has 4 fully saturated rings. The third-order valence-corrected chi connectivity index (χ3v) is 8.06. The number of thiophene rings is 1. The van der Waals surface area contributed by atoms with Gasteiger partial charge in [0.15, 0.2) is 0 Å². The van der Waals surface area contributed by atoms with Gasteiger partial charge in [0, 0.05) is 34.6 Å². The van der Waals surface area contributed by atoms with E-state index < -0.39 is 0 Å². The molecule has 29 heavy (non-hydrogen) atoms. The quantitative estimate of drug-likeness (QED) is 0.746. The predicted molar refractivity (Wildman–Crippen MR) is 118 cm³/mol. The molecule has 2 atom stereocenters. The van der Waals surface area contributed by atoms with Gasteiger partial charge < -0.3 is 5.32 Å². The molecular weight excluding hydrogens is 380 g/mol. The van der Waals surface area contributed by atoms with E-state index in [4.69, 9.17) is 0 Å². The number of nitrogens with zero attached hydrogens (tertiary/aromatic N) is 3. The highest BCUT2D eigenvalue weighted by Gasteiger charge is 2.40. The number of likely N-dealkylation sites (tertiary alicyclic amines) is 1. The molecule has 5 aliphatic rings. The van der Waals surface area contributed by atoms with Crippen molar-refractivity contribution < 1.29 is 4.79 Å².